The molecule has 0 aromatic heterocycles. The average molecular weight is 654 g/mol. The third-order valence-corrected chi connectivity index (χ3v) is 9.28. The fraction of sp³-hybridized carbons (Fsp3) is 0.421. The second-order valence-electron chi connectivity index (χ2n) is 12.9. The molecule has 254 valence electrons. The SMILES string of the molecule is Cc1ccc2cc1CNC(=O)[C@H](CCc1ccccc1)NC(=O)[C@@H](NC(=O)[C@@H](N)Cc1ccccc1)CC(=O)N1CCCC(CCO2)C1. The smallest absolute Gasteiger partial charge is 0.243 e. The van der Waals surface area contributed by atoms with Crippen molar-refractivity contribution in [3.05, 3.63) is 101 Å². The first kappa shape index (κ1) is 34.6. The predicted molar refractivity (Wildman–Crippen MR) is 184 cm³/mol. The van der Waals surface area contributed by atoms with Gasteiger partial charge in [-0.1, -0.05) is 66.7 Å². The Morgan fingerprint density at radius 1 is 0.979 bits per heavy atom. The van der Waals surface area contributed by atoms with E-state index in [-0.39, 0.29) is 37.1 Å². The molecule has 1 unspecified atom stereocenters. The van der Waals surface area contributed by atoms with Crippen molar-refractivity contribution in [1.29, 1.82) is 0 Å². The lowest BCUT2D eigenvalue weighted by Crippen LogP contribution is -2.57. The molecule has 4 atom stereocenters. The van der Waals surface area contributed by atoms with E-state index in [2.05, 4.69) is 16.0 Å². The van der Waals surface area contributed by atoms with Crippen LogP contribution < -0.4 is 26.4 Å². The van der Waals surface area contributed by atoms with Crippen molar-refractivity contribution in [3.8, 4) is 5.75 Å². The summed E-state index contributed by atoms with van der Waals surface area (Å²) in [5.74, 6) is -0.738. The van der Waals surface area contributed by atoms with Crippen LogP contribution in [0, 0.1) is 12.8 Å². The highest BCUT2D eigenvalue weighted by atomic mass is 16.5. The molecule has 4 amide bonds. The molecule has 2 heterocycles. The van der Waals surface area contributed by atoms with Crippen molar-refractivity contribution in [2.24, 2.45) is 11.7 Å². The molecule has 0 radical (unpaired) electrons. The molecule has 3 aromatic rings. The summed E-state index contributed by atoms with van der Waals surface area (Å²) in [6.07, 6.45) is 3.49. The monoisotopic (exact) mass is 653 g/mol. The molecule has 0 saturated carbocycles. The summed E-state index contributed by atoms with van der Waals surface area (Å²) in [5, 5.41) is 8.63. The maximum atomic E-state index is 14.0. The predicted octanol–water partition coefficient (Wildman–Crippen LogP) is 3.19. The van der Waals surface area contributed by atoms with E-state index in [1.54, 1.807) is 4.90 Å². The first-order chi connectivity index (χ1) is 23.2. The topological polar surface area (TPSA) is 143 Å². The lowest BCUT2D eigenvalue weighted by molar-refractivity contribution is -0.138. The number of aryl methyl sites for hydroxylation is 2. The zero-order valence-corrected chi connectivity index (χ0v) is 27.7. The number of carbonyl (C=O) groups excluding carboxylic acids is 4. The Morgan fingerprint density at radius 3 is 2.46 bits per heavy atom. The zero-order chi connectivity index (χ0) is 33.9. The Balaban J connectivity index is 1.39. The molecule has 10 nitrogen and oxygen atoms in total. The number of nitrogens with two attached hydrogens (primary N) is 1. The van der Waals surface area contributed by atoms with Crippen molar-refractivity contribution in [2.75, 3.05) is 19.7 Å². The number of piperidine rings is 1. The van der Waals surface area contributed by atoms with Gasteiger partial charge in [0.15, 0.2) is 0 Å². The van der Waals surface area contributed by atoms with Gasteiger partial charge >= 0.3 is 0 Å². The highest BCUT2D eigenvalue weighted by molar-refractivity contribution is 5.95. The van der Waals surface area contributed by atoms with Crippen LogP contribution in [-0.2, 0) is 38.6 Å². The molecule has 48 heavy (non-hydrogen) atoms. The Kier molecular flexibility index (Phi) is 12.2. The number of benzene rings is 3. The molecular formula is C38H47N5O5. The number of amides is 4. The second kappa shape index (κ2) is 16.9. The zero-order valence-electron chi connectivity index (χ0n) is 27.7. The van der Waals surface area contributed by atoms with Gasteiger partial charge in [0.1, 0.15) is 17.8 Å². The molecule has 2 aliphatic rings. The summed E-state index contributed by atoms with van der Waals surface area (Å²) >= 11 is 0. The van der Waals surface area contributed by atoms with Gasteiger partial charge in [-0.15, -0.1) is 0 Å². The molecule has 1 fully saturated rings. The molecule has 0 spiro atoms. The number of nitrogens with one attached hydrogen (secondary N) is 3. The molecule has 5 N–H and O–H groups in total. The van der Waals surface area contributed by atoms with Crippen LogP contribution in [0.3, 0.4) is 0 Å². The summed E-state index contributed by atoms with van der Waals surface area (Å²) in [4.78, 5) is 56.5. The standard InChI is InChI=1S/C38H47N5O5/c1-26-14-16-31-22-30(26)24-40-37(46)33(17-15-27-9-4-2-5-10-27)41-38(47)34(42-36(45)32(39)21-28-11-6-3-7-12-28)23-35(44)43-19-8-13-29(25-43)18-20-48-31/h2-7,9-12,14,16,22,29,32-34H,8,13,15,17-21,23-25,39H2,1H3,(H,40,46)(H,41,47)(H,42,45)/t29?,32-,33-,34-/m0/s1. The maximum absolute atomic E-state index is 14.0. The number of nitrogens with zero attached hydrogens (tertiary/aromatic N) is 1. The van der Waals surface area contributed by atoms with Crippen LogP contribution in [0.5, 0.6) is 5.75 Å². The summed E-state index contributed by atoms with van der Waals surface area (Å²) in [5.41, 5.74) is 10.1. The average Bonchev–Trinajstić information content (AvgIpc) is 3.10. The number of ether oxygens (including phenoxy) is 1. The van der Waals surface area contributed by atoms with Gasteiger partial charge in [0.2, 0.25) is 23.6 Å². The van der Waals surface area contributed by atoms with Crippen LogP contribution in [0.4, 0.5) is 0 Å². The molecule has 4 bridgehead atoms. The van der Waals surface area contributed by atoms with E-state index in [4.69, 9.17) is 10.5 Å². The van der Waals surface area contributed by atoms with Crippen molar-refractivity contribution < 1.29 is 23.9 Å². The van der Waals surface area contributed by atoms with Crippen molar-refractivity contribution in [2.45, 2.75) is 76.5 Å². The van der Waals surface area contributed by atoms with Crippen molar-refractivity contribution in [1.82, 2.24) is 20.9 Å². The van der Waals surface area contributed by atoms with E-state index in [0.717, 1.165) is 47.3 Å². The second-order valence-corrected chi connectivity index (χ2v) is 12.9. The highest BCUT2D eigenvalue weighted by Crippen LogP contribution is 2.23. The number of carbonyl (C=O) groups is 4. The van der Waals surface area contributed by atoms with E-state index in [9.17, 15) is 19.2 Å². The Hall–Kier alpha value is -4.70. The van der Waals surface area contributed by atoms with Crippen LogP contribution >= 0.6 is 0 Å². The van der Waals surface area contributed by atoms with Gasteiger partial charge in [0.05, 0.1) is 19.1 Å². The third kappa shape index (κ3) is 9.90. The van der Waals surface area contributed by atoms with E-state index < -0.39 is 29.9 Å². The van der Waals surface area contributed by atoms with Gasteiger partial charge in [-0.2, -0.15) is 0 Å². The molecule has 10 heteroatoms. The molecular weight excluding hydrogens is 606 g/mol. The van der Waals surface area contributed by atoms with E-state index in [1.807, 2.05) is 85.8 Å². The lowest BCUT2D eigenvalue weighted by Gasteiger charge is -2.34. The number of rotatable bonds is 7. The van der Waals surface area contributed by atoms with Crippen LogP contribution in [0.25, 0.3) is 0 Å². The summed E-state index contributed by atoms with van der Waals surface area (Å²) < 4.78 is 6.11. The molecule has 5 rings (SSSR count). The quantitative estimate of drug-likeness (QED) is 0.309. The molecule has 3 aromatic carbocycles. The van der Waals surface area contributed by atoms with Crippen LogP contribution in [0.1, 0.15) is 54.4 Å². The Morgan fingerprint density at radius 2 is 1.71 bits per heavy atom. The van der Waals surface area contributed by atoms with Crippen molar-refractivity contribution >= 4 is 23.6 Å². The minimum absolute atomic E-state index is 0.229. The Bertz CT molecular complexity index is 1550. The van der Waals surface area contributed by atoms with Gasteiger partial charge in [-0.25, -0.2) is 0 Å². The fourth-order valence-electron chi connectivity index (χ4n) is 6.35. The van der Waals surface area contributed by atoms with E-state index in [1.165, 1.54) is 0 Å². The number of hydrogen-bond donors (Lipinski definition) is 4. The number of hydrogen-bond acceptors (Lipinski definition) is 6. The molecule has 1 saturated heterocycles. The van der Waals surface area contributed by atoms with Gasteiger partial charge < -0.3 is 31.3 Å². The van der Waals surface area contributed by atoms with Gasteiger partial charge in [-0.05, 0) is 85.8 Å². The minimum atomic E-state index is -1.21. The molecule has 2 aliphatic heterocycles. The number of fused-ring (bicyclic) bond motifs is 4. The first-order valence-electron chi connectivity index (χ1n) is 17.0. The fourth-order valence-corrected chi connectivity index (χ4v) is 6.35. The van der Waals surface area contributed by atoms with Crippen molar-refractivity contribution in [3.63, 3.8) is 0 Å². The van der Waals surface area contributed by atoms with E-state index >= 15 is 0 Å². The normalized spacial score (nSPS) is 21.5. The molecule has 0 aliphatic carbocycles. The van der Waals surface area contributed by atoms with Gasteiger partial charge in [0, 0.05) is 19.6 Å². The summed E-state index contributed by atoms with van der Waals surface area (Å²) in [6, 6.07) is 21.9. The first-order valence-corrected chi connectivity index (χ1v) is 17.0. The summed E-state index contributed by atoms with van der Waals surface area (Å²) in [6.45, 7) is 3.87. The largest absolute Gasteiger partial charge is 0.494 e. The Labute approximate surface area is 282 Å². The van der Waals surface area contributed by atoms with E-state index in [0.29, 0.717) is 32.5 Å². The summed E-state index contributed by atoms with van der Waals surface area (Å²) in [7, 11) is 0. The minimum Gasteiger partial charge on any atom is -0.494 e. The van der Waals surface area contributed by atoms with Crippen LogP contribution in [0.15, 0.2) is 78.9 Å². The van der Waals surface area contributed by atoms with Crippen LogP contribution in [0.2, 0.25) is 0 Å². The highest BCUT2D eigenvalue weighted by Gasteiger charge is 2.33. The van der Waals surface area contributed by atoms with Gasteiger partial charge in [-0.3, -0.25) is 19.2 Å². The lowest BCUT2D eigenvalue weighted by atomic mass is 9.94. The maximum Gasteiger partial charge on any atom is 0.243 e. The van der Waals surface area contributed by atoms with Crippen LogP contribution in [-0.4, -0.2) is 66.4 Å². The third-order valence-electron chi connectivity index (χ3n) is 9.28. The van der Waals surface area contributed by atoms with Gasteiger partial charge in [0.25, 0.3) is 0 Å².